The van der Waals surface area contributed by atoms with Crippen molar-refractivity contribution in [3.05, 3.63) is 23.3 Å². The molecule has 0 N–H and O–H groups in total. The molecule has 0 aromatic rings. The van der Waals surface area contributed by atoms with Crippen molar-refractivity contribution >= 4 is 12.3 Å². The minimum absolute atomic E-state index is 0.282. The monoisotopic (exact) mass is 266 g/mol. The first-order chi connectivity index (χ1) is 8.94. The van der Waals surface area contributed by atoms with Gasteiger partial charge in [0.1, 0.15) is 6.29 Å². The Morgan fingerprint density at radius 3 is 2.37 bits per heavy atom. The Balaban J connectivity index is 5.00. The van der Waals surface area contributed by atoms with E-state index in [4.69, 9.17) is 4.74 Å². The Bertz CT molecular complexity index is 353. The predicted molar refractivity (Wildman–Crippen MR) is 77.8 cm³/mol. The maximum absolute atomic E-state index is 11.8. The number of aldehydes is 1. The van der Waals surface area contributed by atoms with Crippen molar-refractivity contribution in [1.29, 1.82) is 0 Å². The summed E-state index contributed by atoms with van der Waals surface area (Å²) in [5.74, 6) is 0.538. The molecule has 0 heterocycles. The van der Waals surface area contributed by atoms with E-state index in [0.717, 1.165) is 19.1 Å². The molecule has 0 rings (SSSR count). The van der Waals surface area contributed by atoms with Crippen LogP contribution < -0.4 is 0 Å². The van der Waals surface area contributed by atoms with Gasteiger partial charge in [0.25, 0.3) is 0 Å². The first-order valence-corrected chi connectivity index (χ1v) is 6.96. The number of allylic oxidation sites excluding steroid dienone is 2. The summed E-state index contributed by atoms with van der Waals surface area (Å²) >= 11 is 0. The van der Waals surface area contributed by atoms with Crippen molar-refractivity contribution < 1.29 is 14.3 Å². The Labute approximate surface area is 116 Å². The highest BCUT2D eigenvalue weighted by Gasteiger charge is 2.12. The zero-order chi connectivity index (χ0) is 14.8. The number of hydrogen-bond donors (Lipinski definition) is 0. The molecule has 0 saturated carbocycles. The summed E-state index contributed by atoms with van der Waals surface area (Å²) in [5, 5.41) is 0. The average Bonchev–Trinajstić information content (AvgIpc) is 2.37. The van der Waals surface area contributed by atoms with Crippen molar-refractivity contribution in [3.63, 3.8) is 0 Å². The molecule has 2 atom stereocenters. The average molecular weight is 266 g/mol. The van der Waals surface area contributed by atoms with Crippen LogP contribution in [0.3, 0.4) is 0 Å². The Kier molecular flexibility index (Phi) is 8.84. The molecular formula is C16H26O3. The second-order valence-electron chi connectivity index (χ2n) is 5.08. The second kappa shape index (κ2) is 9.54. The van der Waals surface area contributed by atoms with Gasteiger partial charge in [0.2, 0.25) is 0 Å². The Morgan fingerprint density at radius 2 is 1.89 bits per heavy atom. The van der Waals surface area contributed by atoms with Gasteiger partial charge in [-0.15, -0.1) is 0 Å². The minimum atomic E-state index is -0.361. The molecule has 19 heavy (non-hydrogen) atoms. The van der Waals surface area contributed by atoms with E-state index >= 15 is 0 Å². The summed E-state index contributed by atoms with van der Waals surface area (Å²) in [6, 6.07) is 0. The molecular weight excluding hydrogens is 240 g/mol. The molecule has 0 aliphatic heterocycles. The van der Waals surface area contributed by atoms with Crippen LogP contribution in [-0.2, 0) is 14.3 Å². The molecule has 0 unspecified atom stereocenters. The standard InChI is InChI=1S/C16H26O3/c1-6-12(3)8-13(4)9-15(10-14(5)11-17)16(18)19-7-2/h9-13H,6-8H2,1-5H3/b14-10+,15-9-/t12-,13+/m0/s1. The fraction of sp³-hybridized carbons (Fsp3) is 0.625. The largest absolute Gasteiger partial charge is 0.462 e. The molecule has 0 amide bonds. The highest BCUT2D eigenvalue weighted by molar-refractivity contribution is 5.93. The fourth-order valence-electron chi connectivity index (χ4n) is 1.84. The van der Waals surface area contributed by atoms with Crippen LogP contribution in [0.4, 0.5) is 0 Å². The quantitative estimate of drug-likeness (QED) is 0.291. The zero-order valence-electron chi connectivity index (χ0n) is 12.7. The van der Waals surface area contributed by atoms with Crippen molar-refractivity contribution in [2.45, 2.75) is 47.5 Å². The lowest BCUT2D eigenvalue weighted by Gasteiger charge is -2.13. The molecule has 0 aromatic carbocycles. The first-order valence-electron chi connectivity index (χ1n) is 6.96. The third-order valence-corrected chi connectivity index (χ3v) is 3.02. The van der Waals surface area contributed by atoms with Gasteiger partial charge in [-0.25, -0.2) is 4.79 Å². The van der Waals surface area contributed by atoms with Crippen LogP contribution in [0, 0.1) is 11.8 Å². The smallest absolute Gasteiger partial charge is 0.337 e. The lowest BCUT2D eigenvalue weighted by Crippen LogP contribution is -2.09. The highest BCUT2D eigenvalue weighted by Crippen LogP contribution is 2.18. The molecule has 0 spiro atoms. The second-order valence-corrected chi connectivity index (χ2v) is 5.08. The summed E-state index contributed by atoms with van der Waals surface area (Å²) in [6.07, 6.45) is 6.38. The summed E-state index contributed by atoms with van der Waals surface area (Å²) in [5.41, 5.74) is 0.997. The van der Waals surface area contributed by atoms with E-state index in [1.165, 1.54) is 0 Å². The van der Waals surface area contributed by atoms with Crippen LogP contribution in [0.2, 0.25) is 0 Å². The molecule has 108 valence electrons. The maximum atomic E-state index is 11.8. The first kappa shape index (κ1) is 17.6. The maximum Gasteiger partial charge on any atom is 0.337 e. The third-order valence-electron chi connectivity index (χ3n) is 3.02. The van der Waals surface area contributed by atoms with Gasteiger partial charge in [0.05, 0.1) is 12.2 Å². The SMILES string of the molecule is CCOC(=O)C(=C\[C@H](C)C[C@@H](C)CC)/C=C(\C)C=O. The topological polar surface area (TPSA) is 43.4 Å². The number of hydrogen-bond acceptors (Lipinski definition) is 3. The van der Waals surface area contributed by atoms with Gasteiger partial charge in [-0.05, 0) is 43.8 Å². The van der Waals surface area contributed by atoms with Crippen LogP contribution in [0.5, 0.6) is 0 Å². The number of esters is 1. The van der Waals surface area contributed by atoms with E-state index in [1.54, 1.807) is 19.9 Å². The van der Waals surface area contributed by atoms with E-state index in [-0.39, 0.29) is 11.9 Å². The lowest BCUT2D eigenvalue weighted by molar-refractivity contribution is -0.138. The number of carbonyl (C=O) groups is 2. The fourth-order valence-corrected chi connectivity index (χ4v) is 1.84. The van der Waals surface area contributed by atoms with Crippen molar-refractivity contribution in [2.75, 3.05) is 6.61 Å². The van der Waals surface area contributed by atoms with Crippen LogP contribution in [0.1, 0.15) is 47.5 Å². The van der Waals surface area contributed by atoms with E-state index in [2.05, 4.69) is 20.8 Å². The molecule has 3 heteroatoms. The number of carbonyl (C=O) groups excluding carboxylic acids is 2. The predicted octanol–water partition coefficient (Wildman–Crippen LogP) is 3.69. The molecule has 0 aliphatic rings. The van der Waals surface area contributed by atoms with Gasteiger partial charge in [-0.1, -0.05) is 33.3 Å². The number of ether oxygens (including phenoxy) is 1. The van der Waals surface area contributed by atoms with E-state index < -0.39 is 0 Å². The van der Waals surface area contributed by atoms with Crippen molar-refractivity contribution in [3.8, 4) is 0 Å². The minimum Gasteiger partial charge on any atom is -0.462 e. The molecule has 3 nitrogen and oxygen atoms in total. The summed E-state index contributed by atoms with van der Waals surface area (Å²) < 4.78 is 5.01. The van der Waals surface area contributed by atoms with E-state index in [0.29, 0.717) is 23.7 Å². The van der Waals surface area contributed by atoms with E-state index in [1.807, 2.05) is 6.08 Å². The van der Waals surface area contributed by atoms with Crippen LogP contribution >= 0.6 is 0 Å². The molecule has 0 saturated heterocycles. The summed E-state index contributed by atoms with van der Waals surface area (Å²) in [7, 11) is 0. The zero-order valence-corrected chi connectivity index (χ0v) is 12.7. The molecule has 0 radical (unpaired) electrons. The highest BCUT2D eigenvalue weighted by atomic mass is 16.5. The van der Waals surface area contributed by atoms with Crippen LogP contribution in [0.25, 0.3) is 0 Å². The van der Waals surface area contributed by atoms with Gasteiger partial charge >= 0.3 is 5.97 Å². The van der Waals surface area contributed by atoms with Gasteiger partial charge in [0.15, 0.2) is 0 Å². The van der Waals surface area contributed by atoms with Crippen LogP contribution in [-0.4, -0.2) is 18.9 Å². The third kappa shape index (κ3) is 7.60. The van der Waals surface area contributed by atoms with Gasteiger partial charge in [0, 0.05) is 0 Å². The van der Waals surface area contributed by atoms with Gasteiger partial charge in [-0.3, -0.25) is 4.79 Å². The molecule has 0 aromatic heterocycles. The lowest BCUT2D eigenvalue weighted by atomic mass is 9.93. The Hall–Kier alpha value is -1.38. The summed E-state index contributed by atoms with van der Waals surface area (Å²) in [4.78, 5) is 22.5. The van der Waals surface area contributed by atoms with Crippen LogP contribution in [0.15, 0.2) is 23.3 Å². The molecule has 0 bridgehead atoms. The normalized spacial score (nSPS) is 15.8. The van der Waals surface area contributed by atoms with Gasteiger partial charge < -0.3 is 4.74 Å². The van der Waals surface area contributed by atoms with Crippen molar-refractivity contribution in [2.24, 2.45) is 11.8 Å². The van der Waals surface area contributed by atoms with Gasteiger partial charge in [-0.2, -0.15) is 0 Å². The molecule has 0 aliphatic carbocycles. The Morgan fingerprint density at radius 1 is 1.26 bits per heavy atom. The number of rotatable bonds is 8. The van der Waals surface area contributed by atoms with E-state index in [9.17, 15) is 9.59 Å². The summed E-state index contributed by atoms with van der Waals surface area (Å²) in [6.45, 7) is 10.2. The van der Waals surface area contributed by atoms with Crippen molar-refractivity contribution in [1.82, 2.24) is 0 Å². The molecule has 0 fully saturated rings.